The lowest BCUT2D eigenvalue weighted by Crippen LogP contribution is -3.13. The molecule has 0 spiro atoms. The minimum absolute atomic E-state index is 0.748. The maximum absolute atomic E-state index is 5.63. The van der Waals surface area contributed by atoms with Crippen molar-refractivity contribution in [1.29, 1.82) is 0 Å². The van der Waals surface area contributed by atoms with Crippen LogP contribution in [-0.2, 0) is 6.54 Å². The molecule has 3 aromatic rings. The molecule has 4 rings (SSSR count). The molecule has 1 fully saturated rings. The van der Waals surface area contributed by atoms with E-state index in [0.717, 1.165) is 49.2 Å². The van der Waals surface area contributed by atoms with Gasteiger partial charge < -0.3 is 14.2 Å². The third-order valence-electron chi connectivity index (χ3n) is 4.64. The first-order valence-electron chi connectivity index (χ1n) is 8.42. The van der Waals surface area contributed by atoms with E-state index in [9.17, 15) is 0 Å². The van der Waals surface area contributed by atoms with Gasteiger partial charge in [0.1, 0.15) is 18.5 Å². The summed E-state index contributed by atoms with van der Waals surface area (Å²) in [6.45, 7) is 7.59. The van der Waals surface area contributed by atoms with E-state index in [1.54, 1.807) is 16.2 Å². The average Bonchev–Trinajstić information content (AvgIpc) is 3.27. The number of piperazine rings is 1. The largest absolute Gasteiger partial charge is 0.443 e. The van der Waals surface area contributed by atoms with Crippen molar-refractivity contribution in [2.45, 2.75) is 13.5 Å². The van der Waals surface area contributed by atoms with Gasteiger partial charge in [-0.1, -0.05) is 24.3 Å². The summed E-state index contributed by atoms with van der Waals surface area (Å²) in [7, 11) is 0. The molecule has 0 unspecified atom stereocenters. The third-order valence-corrected chi connectivity index (χ3v) is 5.50. The predicted octanol–water partition coefficient (Wildman–Crippen LogP) is 2.62. The van der Waals surface area contributed by atoms with Crippen LogP contribution in [0.4, 0.5) is 5.69 Å². The van der Waals surface area contributed by atoms with Gasteiger partial charge in [-0.3, -0.25) is 0 Å². The van der Waals surface area contributed by atoms with Crippen LogP contribution in [0.1, 0.15) is 11.3 Å². The number of nitrogens with one attached hydrogen (secondary N) is 1. The van der Waals surface area contributed by atoms with Gasteiger partial charge in [-0.05, 0) is 30.0 Å². The molecule has 1 aliphatic rings. The van der Waals surface area contributed by atoms with Crippen molar-refractivity contribution in [3.05, 3.63) is 59.3 Å². The number of hydrogen-bond acceptors (Lipinski definition) is 4. The van der Waals surface area contributed by atoms with Crippen LogP contribution in [0.25, 0.3) is 10.8 Å². The van der Waals surface area contributed by atoms with Crippen LogP contribution in [0.15, 0.2) is 52.5 Å². The quantitative estimate of drug-likeness (QED) is 0.793. The first-order valence-corrected chi connectivity index (χ1v) is 9.30. The summed E-state index contributed by atoms with van der Waals surface area (Å²) in [5, 5.41) is 2.05. The van der Waals surface area contributed by atoms with Crippen molar-refractivity contribution >= 4 is 17.0 Å². The third kappa shape index (κ3) is 3.23. The van der Waals surface area contributed by atoms with Crippen molar-refractivity contribution < 1.29 is 9.32 Å². The van der Waals surface area contributed by atoms with Gasteiger partial charge in [0.25, 0.3) is 0 Å². The molecule has 1 saturated heterocycles. The number of nitrogens with zero attached hydrogens (tertiary/aromatic N) is 2. The summed E-state index contributed by atoms with van der Waals surface area (Å²) in [4.78, 5) is 9.82. The number of quaternary nitrogens is 1. The Hall–Kier alpha value is -2.11. The number of aryl methyl sites for hydroxylation is 1. The number of anilines is 1. The lowest BCUT2D eigenvalue weighted by atomic mass is 10.1. The average molecular weight is 340 g/mol. The standard InChI is InChI=1S/C19H21N3OS/c1-15-5-2-3-6-17(15)22-10-8-21(9-11-22)13-16-14-23-19(20-16)18-7-4-12-24-18/h2-7,12,14H,8-11,13H2,1H3/p+1. The molecule has 0 radical (unpaired) electrons. The van der Waals surface area contributed by atoms with Crippen molar-refractivity contribution in [1.82, 2.24) is 4.98 Å². The first-order chi connectivity index (χ1) is 11.8. The lowest BCUT2D eigenvalue weighted by molar-refractivity contribution is -0.914. The van der Waals surface area contributed by atoms with Crippen LogP contribution in [0.2, 0.25) is 0 Å². The van der Waals surface area contributed by atoms with E-state index < -0.39 is 0 Å². The minimum Gasteiger partial charge on any atom is -0.443 e. The van der Waals surface area contributed by atoms with Crippen molar-refractivity contribution in [2.24, 2.45) is 0 Å². The summed E-state index contributed by atoms with van der Waals surface area (Å²) < 4.78 is 5.63. The molecule has 1 N–H and O–H groups in total. The smallest absolute Gasteiger partial charge is 0.236 e. The second-order valence-electron chi connectivity index (χ2n) is 6.32. The molecular formula is C19H22N3OS+. The lowest BCUT2D eigenvalue weighted by Gasteiger charge is -2.34. The van der Waals surface area contributed by atoms with E-state index in [2.05, 4.69) is 46.5 Å². The molecule has 0 atom stereocenters. The predicted molar refractivity (Wildman–Crippen MR) is 97.6 cm³/mol. The van der Waals surface area contributed by atoms with E-state index in [1.807, 2.05) is 18.4 Å². The number of para-hydroxylation sites is 1. The molecule has 0 aliphatic carbocycles. The number of rotatable bonds is 4. The van der Waals surface area contributed by atoms with Crippen LogP contribution >= 0.6 is 11.3 Å². The maximum atomic E-state index is 5.63. The molecule has 4 nitrogen and oxygen atoms in total. The molecule has 124 valence electrons. The Bertz CT molecular complexity index is 789. The topological polar surface area (TPSA) is 33.7 Å². The first kappa shape index (κ1) is 15.4. The molecule has 0 saturated carbocycles. The Labute approximate surface area is 146 Å². The van der Waals surface area contributed by atoms with Gasteiger partial charge in [-0.15, -0.1) is 11.3 Å². The van der Waals surface area contributed by atoms with E-state index in [1.165, 1.54) is 11.3 Å². The Morgan fingerprint density at radius 2 is 2.00 bits per heavy atom. The number of thiophene rings is 1. The van der Waals surface area contributed by atoms with Gasteiger partial charge in [0, 0.05) is 5.69 Å². The van der Waals surface area contributed by atoms with Gasteiger partial charge in [-0.2, -0.15) is 0 Å². The molecule has 3 heterocycles. The summed E-state index contributed by atoms with van der Waals surface area (Å²) in [6, 6.07) is 12.7. The zero-order valence-electron chi connectivity index (χ0n) is 13.9. The fourth-order valence-electron chi connectivity index (χ4n) is 3.32. The van der Waals surface area contributed by atoms with E-state index in [0.29, 0.717) is 0 Å². The minimum atomic E-state index is 0.748. The van der Waals surface area contributed by atoms with Gasteiger partial charge in [0.15, 0.2) is 0 Å². The molecule has 0 amide bonds. The number of aromatic nitrogens is 1. The summed E-state index contributed by atoms with van der Waals surface area (Å²) >= 11 is 1.66. The van der Waals surface area contributed by atoms with Crippen molar-refractivity contribution in [3.63, 3.8) is 0 Å². The monoisotopic (exact) mass is 340 g/mol. The highest BCUT2D eigenvalue weighted by Crippen LogP contribution is 2.23. The number of hydrogen-bond donors (Lipinski definition) is 1. The Morgan fingerprint density at radius 1 is 1.17 bits per heavy atom. The van der Waals surface area contributed by atoms with Gasteiger partial charge >= 0.3 is 0 Å². The molecule has 24 heavy (non-hydrogen) atoms. The summed E-state index contributed by atoms with van der Waals surface area (Å²) in [5.41, 5.74) is 3.79. The highest BCUT2D eigenvalue weighted by molar-refractivity contribution is 7.13. The second-order valence-corrected chi connectivity index (χ2v) is 7.27. The zero-order valence-corrected chi connectivity index (χ0v) is 14.7. The van der Waals surface area contributed by atoms with Gasteiger partial charge in [0.2, 0.25) is 5.89 Å². The number of oxazole rings is 1. The van der Waals surface area contributed by atoms with Crippen LogP contribution in [0.3, 0.4) is 0 Å². The van der Waals surface area contributed by atoms with Crippen molar-refractivity contribution in [3.8, 4) is 10.8 Å². The highest BCUT2D eigenvalue weighted by atomic mass is 32.1. The summed E-state index contributed by atoms with van der Waals surface area (Å²) in [5.74, 6) is 0.748. The fraction of sp³-hybridized carbons (Fsp3) is 0.316. The molecule has 0 bridgehead atoms. The van der Waals surface area contributed by atoms with Crippen LogP contribution in [0.5, 0.6) is 0 Å². The summed E-state index contributed by atoms with van der Waals surface area (Å²) in [6.07, 6.45) is 1.82. The molecule has 2 aromatic heterocycles. The van der Waals surface area contributed by atoms with Crippen LogP contribution in [-0.4, -0.2) is 31.2 Å². The Balaban J connectivity index is 1.36. The fourth-order valence-corrected chi connectivity index (χ4v) is 3.97. The second kappa shape index (κ2) is 6.79. The van der Waals surface area contributed by atoms with Gasteiger partial charge in [0.05, 0.1) is 31.1 Å². The Morgan fingerprint density at radius 3 is 2.75 bits per heavy atom. The zero-order chi connectivity index (χ0) is 16.4. The molecular weight excluding hydrogens is 318 g/mol. The maximum Gasteiger partial charge on any atom is 0.236 e. The van der Waals surface area contributed by atoms with E-state index in [-0.39, 0.29) is 0 Å². The normalized spacial score (nSPS) is 15.8. The van der Waals surface area contributed by atoms with Crippen LogP contribution < -0.4 is 9.80 Å². The van der Waals surface area contributed by atoms with Crippen molar-refractivity contribution in [2.75, 3.05) is 31.1 Å². The molecule has 1 aromatic carbocycles. The highest BCUT2D eigenvalue weighted by Gasteiger charge is 2.22. The van der Waals surface area contributed by atoms with E-state index >= 15 is 0 Å². The SMILES string of the molecule is Cc1ccccc1N1CC[NH+](Cc2coc(-c3cccs3)n2)CC1. The molecule has 1 aliphatic heterocycles. The number of benzene rings is 1. The molecule has 5 heteroatoms. The van der Waals surface area contributed by atoms with Gasteiger partial charge in [-0.25, -0.2) is 4.98 Å². The van der Waals surface area contributed by atoms with E-state index in [4.69, 9.17) is 4.42 Å². The van der Waals surface area contributed by atoms with Crippen LogP contribution in [0, 0.1) is 6.92 Å². The Kier molecular flexibility index (Phi) is 4.36.